The first-order valence-electron chi connectivity index (χ1n) is 3.99. The molecule has 0 aromatic carbocycles. The summed E-state index contributed by atoms with van der Waals surface area (Å²) in [5.41, 5.74) is 2.46. The molecule has 1 aromatic heterocycles. The SMILES string of the molecule is CNCC1CCc2conc21. The Labute approximate surface area is 65.8 Å². The molecule has 0 spiro atoms. The van der Waals surface area contributed by atoms with E-state index in [4.69, 9.17) is 4.52 Å². The summed E-state index contributed by atoms with van der Waals surface area (Å²) in [6.07, 6.45) is 4.12. The number of hydrogen-bond acceptors (Lipinski definition) is 3. The quantitative estimate of drug-likeness (QED) is 0.685. The summed E-state index contributed by atoms with van der Waals surface area (Å²) in [6, 6.07) is 0. The van der Waals surface area contributed by atoms with E-state index < -0.39 is 0 Å². The van der Waals surface area contributed by atoms with Crippen LogP contribution in [-0.4, -0.2) is 18.7 Å². The van der Waals surface area contributed by atoms with Crippen LogP contribution in [0, 0.1) is 0 Å². The van der Waals surface area contributed by atoms with E-state index in [9.17, 15) is 0 Å². The van der Waals surface area contributed by atoms with Crippen molar-refractivity contribution in [1.29, 1.82) is 0 Å². The summed E-state index contributed by atoms with van der Waals surface area (Å²) in [5.74, 6) is 0.578. The summed E-state index contributed by atoms with van der Waals surface area (Å²) in [7, 11) is 1.97. The zero-order valence-corrected chi connectivity index (χ0v) is 6.63. The van der Waals surface area contributed by atoms with Gasteiger partial charge in [-0.2, -0.15) is 0 Å². The number of hydrogen-bond donors (Lipinski definition) is 1. The molecule has 1 heterocycles. The van der Waals surface area contributed by atoms with Crippen molar-refractivity contribution in [3.63, 3.8) is 0 Å². The van der Waals surface area contributed by atoms with Gasteiger partial charge in [0.1, 0.15) is 6.26 Å². The fourth-order valence-corrected chi connectivity index (χ4v) is 1.70. The molecular weight excluding hydrogens is 140 g/mol. The van der Waals surface area contributed by atoms with Crippen LogP contribution >= 0.6 is 0 Å². The average Bonchev–Trinajstić information content (AvgIpc) is 2.53. The van der Waals surface area contributed by atoms with Crippen LogP contribution in [0.3, 0.4) is 0 Å². The molecule has 1 aliphatic rings. The Hall–Kier alpha value is -0.830. The van der Waals surface area contributed by atoms with Crippen molar-refractivity contribution < 1.29 is 4.52 Å². The normalized spacial score (nSPS) is 22.1. The highest BCUT2D eigenvalue weighted by molar-refractivity contribution is 5.25. The monoisotopic (exact) mass is 152 g/mol. The lowest BCUT2D eigenvalue weighted by molar-refractivity contribution is 0.398. The highest BCUT2D eigenvalue weighted by atomic mass is 16.5. The molecule has 1 aliphatic carbocycles. The lowest BCUT2D eigenvalue weighted by Gasteiger charge is -2.05. The van der Waals surface area contributed by atoms with Gasteiger partial charge in [-0.1, -0.05) is 5.16 Å². The second-order valence-corrected chi connectivity index (χ2v) is 3.02. The smallest absolute Gasteiger partial charge is 0.127 e. The molecule has 1 unspecified atom stereocenters. The van der Waals surface area contributed by atoms with E-state index in [1.54, 1.807) is 6.26 Å². The van der Waals surface area contributed by atoms with E-state index >= 15 is 0 Å². The number of likely N-dealkylation sites (N-methyl/N-ethyl adjacent to an activating group) is 1. The van der Waals surface area contributed by atoms with Crippen LogP contribution < -0.4 is 5.32 Å². The maximum absolute atomic E-state index is 4.89. The summed E-state index contributed by atoms with van der Waals surface area (Å²) >= 11 is 0. The van der Waals surface area contributed by atoms with Crippen molar-refractivity contribution in [3.8, 4) is 0 Å². The minimum absolute atomic E-state index is 0.578. The van der Waals surface area contributed by atoms with Crippen molar-refractivity contribution in [3.05, 3.63) is 17.5 Å². The van der Waals surface area contributed by atoms with Gasteiger partial charge in [0.2, 0.25) is 0 Å². The van der Waals surface area contributed by atoms with Gasteiger partial charge in [0.25, 0.3) is 0 Å². The molecule has 1 N–H and O–H groups in total. The Bertz CT molecular complexity index is 244. The molecular formula is C8H12N2O. The number of rotatable bonds is 2. The van der Waals surface area contributed by atoms with Crippen LogP contribution in [0.5, 0.6) is 0 Å². The van der Waals surface area contributed by atoms with Crippen LogP contribution in [0.15, 0.2) is 10.8 Å². The van der Waals surface area contributed by atoms with E-state index in [-0.39, 0.29) is 0 Å². The predicted molar refractivity (Wildman–Crippen MR) is 41.5 cm³/mol. The molecule has 3 nitrogen and oxygen atoms in total. The van der Waals surface area contributed by atoms with Crippen molar-refractivity contribution >= 4 is 0 Å². The molecule has 3 heteroatoms. The van der Waals surface area contributed by atoms with Crippen molar-refractivity contribution in [2.75, 3.05) is 13.6 Å². The van der Waals surface area contributed by atoms with Crippen molar-refractivity contribution in [1.82, 2.24) is 10.5 Å². The van der Waals surface area contributed by atoms with Gasteiger partial charge in [-0.15, -0.1) is 0 Å². The van der Waals surface area contributed by atoms with E-state index in [0.29, 0.717) is 5.92 Å². The largest absolute Gasteiger partial charge is 0.364 e. The van der Waals surface area contributed by atoms with Gasteiger partial charge < -0.3 is 9.84 Å². The molecule has 0 amide bonds. The van der Waals surface area contributed by atoms with Gasteiger partial charge in [0.05, 0.1) is 5.69 Å². The zero-order chi connectivity index (χ0) is 7.68. The molecule has 0 saturated heterocycles. The van der Waals surface area contributed by atoms with Crippen LogP contribution in [0.1, 0.15) is 23.6 Å². The molecule has 60 valence electrons. The minimum Gasteiger partial charge on any atom is -0.364 e. The van der Waals surface area contributed by atoms with Gasteiger partial charge in [-0.3, -0.25) is 0 Å². The number of nitrogens with one attached hydrogen (secondary N) is 1. The number of fused-ring (bicyclic) bond motifs is 1. The Morgan fingerprint density at radius 1 is 1.82 bits per heavy atom. The minimum atomic E-state index is 0.578. The first-order chi connectivity index (χ1) is 5.42. The van der Waals surface area contributed by atoms with Crippen LogP contribution in [0.2, 0.25) is 0 Å². The van der Waals surface area contributed by atoms with Gasteiger partial charge in [0, 0.05) is 18.0 Å². The standard InChI is InChI=1S/C8H12N2O/c1-9-4-6-2-3-7-5-11-10-8(6)7/h5-6,9H,2-4H2,1H3. The summed E-state index contributed by atoms with van der Waals surface area (Å²) in [4.78, 5) is 0. The second-order valence-electron chi connectivity index (χ2n) is 3.02. The van der Waals surface area contributed by atoms with Gasteiger partial charge >= 0.3 is 0 Å². The highest BCUT2D eigenvalue weighted by Gasteiger charge is 2.25. The molecule has 0 radical (unpaired) electrons. The van der Waals surface area contributed by atoms with E-state index in [2.05, 4.69) is 10.5 Å². The highest BCUT2D eigenvalue weighted by Crippen LogP contribution is 2.30. The lowest BCUT2D eigenvalue weighted by atomic mass is 10.1. The molecule has 1 atom stereocenters. The van der Waals surface area contributed by atoms with E-state index in [0.717, 1.165) is 13.0 Å². The molecule has 0 bridgehead atoms. The lowest BCUT2D eigenvalue weighted by Crippen LogP contribution is -2.15. The van der Waals surface area contributed by atoms with Crippen LogP contribution in [-0.2, 0) is 6.42 Å². The Balaban J connectivity index is 2.18. The van der Waals surface area contributed by atoms with Gasteiger partial charge in [-0.25, -0.2) is 0 Å². The zero-order valence-electron chi connectivity index (χ0n) is 6.63. The van der Waals surface area contributed by atoms with Crippen molar-refractivity contribution in [2.24, 2.45) is 0 Å². The van der Waals surface area contributed by atoms with Gasteiger partial charge in [-0.05, 0) is 19.9 Å². The summed E-state index contributed by atoms with van der Waals surface area (Å²) in [6.45, 7) is 1.01. The van der Waals surface area contributed by atoms with E-state index in [1.807, 2.05) is 7.05 Å². The number of nitrogens with zero attached hydrogens (tertiary/aromatic N) is 1. The maximum Gasteiger partial charge on any atom is 0.127 e. The molecule has 1 aromatic rings. The maximum atomic E-state index is 4.89. The number of aromatic nitrogens is 1. The third kappa shape index (κ3) is 1.05. The third-order valence-corrected chi connectivity index (χ3v) is 2.27. The third-order valence-electron chi connectivity index (χ3n) is 2.27. The Kier molecular flexibility index (Phi) is 1.66. The Morgan fingerprint density at radius 3 is 3.55 bits per heavy atom. The van der Waals surface area contributed by atoms with Crippen LogP contribution in [0.4, 0.5) is 0 Å². The molecule has 2 rings (SSSR count). The molecule has 11 heavy (non-hydrogen) atoms. The fourth-order valence-electron chi connectivity index (χ4n) is 1.70. The van der Waals surface area contributed by atoms with Gasteiger partial charge in [0.15, 0.2) is 0 Å². The summed E-state index contributed by atoms with van der Waals surface area (Å²) in [5, 5.41) is 7.14. The topological polar surface area (TPSA) is 38.1 Å². The Morgan fingerprint density at radius 2 is 2.73 bits per heavy atom. The molecule has 0 saturated carbocycles. The van der Waals surface area contributed by atoms with Crippen LogP contribution in [0.25, 0.3) is 0 Å². The average molecular weight is 152 g/mol. The first-order valence-corrected chi connectivity index (χ1v) is 3.99. The number of aryl methyl sites for hydroxylation is 1. The first kappa shape index (κ1) is 6.85. The second kappa shape index (κ2) is 2.66. The predicted octanol–water partition coefficient (Wildman–Crippen LogP) is 0.924. The summed E-state index contributed by atoms with van der Waals surface area (Å²) < 4.78 is 4.89. The molecule has 0 aliphatic heterocycles. The van der Waals surface area contributed by atoms with E-state index in [1.165, 1.54) is 17.7 Å². The van der Waals surface area contributed by atoms with Crippen molar-refractivity contribution in [2.45, 2.75) is 18.8 Å². The molecule has 0 fully saturated rings. The fraction of sp³-hybridized carbons (Fsp3) is 0.625.